The predicted octanol–water partition coefficient (Wildman–Crippen LogP) is 7.91. The standard InChI is InChI=1S/C36H51NO4/c1-32(2)25(23-8-10-24(11-9-23)31(40)41)14-17-33(3)28(32)15-18-35(5)29(33)13-12-26-27-7-6-16-36(27,20-19-34(26,35)4)22-37-21-30(38)39/h8-11,14,26-29,37H,6-7,12-13,15-22H2,1-5H3,(H,38,39)(H,40,41)/t26?,27?,28?,29?,33?,34-,35?,36?/m1/s1. The van der Waals surface area contributed by atoms with Gasteiger partial charge in [-0.05, 0) is 132 Å². The summed E-state index contributed by atoms with van der Waals surface area (Å²) in [4.78, 5) is 22.7. The molecule has 5 heteroatoms. The number of allylic oxidation sites excluding steroid dienone is 2. The van der Waals surface area contributed by atoms with Gasteiger partial charge in [-0.3, -0.25) is 4.79 Å². The largest absolute Gasteiger partial charge is 0.480 e. The second-order valence-electron chi connectivity index (χ2n) is 16.0. The van der Waals surface area contributed by atoms with E-state index in [1.54, 1.807) is 12.1 Å². The first-order chi connectivity index (χ1) is 19.3. The third-order valence-electron chi connectivity index (χ3n) is 14.3. The first-order valence-corrected chi connectivity index (χ1v) is 16.3. The molecule has 5 aliphatic rings. The highest BCUT2D eigenvalue weighted by molar-refractivity contribution is 5.88. The van der Waals surface area contributed by atoms with Crippen LogP contribution in [0.5, 0.6) is 0 Å². The zero-order valence-corrected chi connectivity index (χ0v) is 25.9. The highest BCUT2D eigenvalue weighted by Gasteiger charge is 2.69. The lowest BCUT2D eigenvalue weighted by molar-refractivity contribution is -0.222. The summed E-state index contributed by atoms with van der Waals surface area (Å²) in [5, 5.41) is 22.0. The highest BCUT2D eigenvalue weighted by atomic mass is 16.4. The monoisotopic (exact) mass is 561 g/mol. The SMILES string of the molecule is CC1(C)C(c2ccc(C(=O)O)cc2)=CCC2(C)C1CCC1(C)C2CCC2C3CCCC3(CNCC(=O)O)CC[C@]21C. The summed E-state index contributed by atoms with van der Waals surface area (Å²) in [5.74, 6) is 1.13. The van der Waals surface area contributed by atoms with Crippen LogP contribution in [0.1, 0.15) is 115 Å². The van der Waals surface area contributed by atoms with Crippen molar-refractivity contribution in [2.45, 2.75) is 98.8 Å². The molecule has 5 aliphatic carbocycles. The molecule has 0 bridgehead atoms. The molecule has 5 nitrogen and oxygen atoms in total. The fourth-order valence-corrected chi connectivity index (χ4v) is 12.3. The number of carbonyl (C=O) groups is 2. The molecule has 0 amide bonds. The maximum atomic E-state index is 11.4. The summed E-state index contributed by atoms with van der Waals surface area (Å²) < 4.78 is 0. The predicted molar refractivity (Wildman–Crippen MR) is 163 cm³/mol. The van der Waals surface area contributed by atoms with Crippen LogP contribution in [0.25, 0.3) is 5.57 Å². The van der Waals surface area contributed by atoms with E-state index in [1.807, 2.05) is 12.1 Å². The third-order valence-corrected chi connectivity index (χ3v) is 14.3. The minimum atomic E-state index is -0.870. The fourth-order valence-electron chi connectivity index (χ4n) is 12.3. The lowest BCUT2D eigenvalue weighted by Crippen LogP contribution is -2.65. The second-order valence-corrected chi connectivity index (χ2v) is 16.0. The minimum Gasteiger partial charge on any atom is -0.480 e. The van der Waals surface area contributed by atoms with Crippen molar-refractivity contribution in [1.82, 2.24) is 5.32 Å². The number of nitrogens with one attached hydrogen (secondary N) is 1. The van der Waals surface area contributed by atoms with Gasteiger partial charge in [0.15, 0.2) is 0 Å². The molecule has 1 aromatic carbocycles. The topological polar surface area (TPSA) is 86.6 Å². The van der Waals surface area contributed by atoms with E-state index in [4.69, 9.17) is 0 Å². The van der Waals surface area contributed by atoms with Crippen molar-refractivity contribution < 1.29 is 19.8 Å². The number of aliphatic carboxylic acids is 1. The molecule has 0 spiro atoms. The van der Waals surface area contributed by atoms with Crippen LogP contribution in [0.4, 0.5) is 0 Å². The van der Waals surface area contributed by atoms with Crippen LogP contribution in [-0.2, 0) is 4.79 Å². The number of rotatable bonds is 6. The van der Waals surface area contributed by atoms with Gasteiger partial charge in [0.1, 0.15) is 0 Å². The first-order valence-electron chi connectivity index (χ1n) is 16.3. The molecule has 4 fully saturated rings. The lowest BCUT2D eigenvalue weighted by Gasteiger charge is -2.72. The third kappa shape index (κ3) is 4.11. The number of aromatic carboxylic acids is 1. The molecule has 0 aliphatic heterocycles. The van der Waals surface area contributed by atoms with Crippen LogP contribution in [0.15, 0.2) is 30.3 Å². The zero-order valence-electron chi connectivity index (χ0n) is 25.9. The van der Waals surface area contributed by atoms with E-state index in [0.717, 1.165) is 18.9 Å². The van der Waals surface area contributed by atoms with Gasteiger partial charge in [0.2, 0.25) is 0 Å². The molecule has 41 heavy (non-hydrogen) atoms. The fraction of sp³-hybridized carbons (Fsp3) is 0.722. The average Bonchev–Trinajstić information content (AvgIpc) is 3.33. The van der Waals surface area contributed by atoms with E-state index in [1.165, 1.54) is 68.9 Å². The smallest absolute Gasteiger partial charge is 0.335 e. The van der Waals surface area contributed by atoms with Crippen molar-refractivity contribution in [3.63, 3.8) is 0 Å². The Morgan fingerprint density at radius 2 is 1.56 bits per heavy atom. The van der Waals surface area contributed by atoms with E-state index in [0.29, 0.717) is 34.1 Å². The molecule has 0 saturated heterocycles. The molecule has 0 radical (unpaired) electrons. The van der Waals surface area contributed by atoms with Gasteiger partial charge in [-0.2, -0.15) is 0 Å². The van der Waals surface area contributed by atoms with E-state index in [9.17, 15) is 19.8 Å². The Morgan fingerprint density at radius 1 is 0.829 bits per heavy atom. The van der Waals surface area contributed by atoms with Crippen molar-refractivity contribution in [3.05, 3.63) is 41.5 Å². The van der Waals surface area contributed by atoms with Gasteiger partial charge >= 0.3 is 11.9 Å². The van der Waals surface area contributed by atoms with Gasteiger partial charge < -0.3 is 15.5 Å². The van der Waals surface area contributed by atoms with Crippen molar-refractivity contribution in [2.24, 2.45) is 50.7 Å². The molecule has 0 aromatic heterocycles. The molecule has 224 valence electrons. The van der Waals surface area contributed by atoms with E-state index < -0.39 is 11.9 Å². The quantitative estimate of drug-likeness (QED) is 0.329. The van der Waals surface area contributed by atoms with Crippen molar-refractivity contribution >= 4 is 17.5 Å². The molecular formula is C36H51NO4. The molecule has 8 atom stereocenters. The summed E-state index contributed by atoms with van der Waals surface area (Å²) in [5.41, 5.74) is 4.12. The Bertz CT molecular complexity index is 1250. The van der Waals surface area contributed by atoms with Crippen molar-refractivity contribution in [3.8, 4) is 0 Å². The van der Waals surface area contributed by atoms with E-state index >= 15 is 0 Å². The Hall–Kier alpha value is -2.14. The van der Waals surface area contributed by atoms with Crippen LogP contribution in [0.3, 0.4) is 0 Å². The summed E-state index contributed by atoms with van der Waals surface area (Å²) in [6.45, 7) is 13.8. The summed E-state index contributed by atoms with van der Waals surface area (Å²) in [6, 6.07) is 7.54. The number of fused-ring (bicyclic) bond motifs is 7. The lowest BCUT2D eigenvalue weighted by atomic mass is 9.32. The van der Waals surface area contributed by atoms with Crippen LogP contribution in [0, 0.1) is 50.7 Å². The number of hydrogen-bond acceptors (Lipinski definition) is 3. The number of carboxylic acid groups (broad SMARTS) is 2. The summed E-state index contributed by atoms with van der Waals surface area (Å²) in [7, 11) is 0. The summed E-state index contributed by atoms with van der Waals surface area (Å²) >= 11 is 0. The van der Waals surface area contributed by atoms with Gasteiger partial charge in [0, 0.05) is 6.54 Å². The Balaban J connectivity index is 1.29. The van der Waals surface area contributed by atoms with Gasteiger partial charge in [-0.1, -0.05) is 59.2 Å². The Morgan fingerprint density at radius 3 is 2.24 bits per heavy atom. The maximum Gasteiger partial charge on any atom is 0.335 e. The minimum absolute atomic E-state index is 0.0276. The van der Waals surface area contributed by atoms with Crippen LogP contribution in [-0.4, -0.2) is 35.2 Å². The number of benzene rings is 1. The second kappa shape index (κ2) is 9.69. The van der Waals surface area contributed by atoms with Gasteiger partial charge in [-0.25, -0.2) is 4.79 Å². The normalized spacial score (nSPS) is 42.7. The van der Waals surface area contributed by atoms with Crippen molar-refractivity contribution in [1.29, 1.82) is 0 Å². The summed E-state index contributed by atoms with van der Waals surface area (Å²) in [6.07, 6.45) is 15.2. The Kier molecular flexibility index (Phi) is 6.84. The van der Waals surface area contributed by atoms with Crippen LogP contribution in [0.2, 0.25) is 0 Å². The van der Waals surface area contributed by atoms with Crippen LogP contribution >= 0.6 is 0 Å². The van der Waals surface area contributed by atoms with Crippen molar-refractivity contribution in [2.75, 3.05) is 13.1 Å². The first kappa shape index (κ1) is 29.0. The number of carboxylic acids is 2. The Labute approximate surface area is 246 Å². The van der Waals surface area contributed by atoms with E-state index in [-0.39, 0.29) is 22.8 Å². The van der Waals surface area contributed by atoms with Crippen LogP contribution < -0.4 is 5.32 Å². The van der Waals surface area contributed by atoms with Gasteiger partial charge in [0.05, 0.1) is 12.1 Å². The molecule has 6 rings (SSSR count). The number of hydrogen-bond donors (Lipinski definition) is 3. The molecule has 4 saturated carbocycles. The van der Waals surface area contributed by atoms with Gasteiger partial charge in [-0.15, -0.1) is 0 Å². The molecule has 3 N–H and O–H groups in total. The molecular weight excluding hydrogens is 510 g/mol. The maximum absolute atomic E-state index is 11.4. The average molecular weight is 562 g/mol. The molecule has 7 unspecified atom stereocenters. The zero-order chi connectivity index (χ0) is 29.4. The van der Waals surface area contributed by atoms with Gasteiger partial charge in [0.25, 0.3) is 0 Å². The highest BCUT2D eigenvalue weighted by Crippen LogP contribution is 2.77. The molecule has 1 aromatic rings. The molecule has 0 heterocycles. The van der Waals surface area contributed by atoms with E-state index in [2.05, 4.69) is 46.0 Å².